The van der Waals surface area contributed by atoms with E-state index in [1.54, 1.807) is 12.1 Å². The van der Waals surface area contributed by atoms with E-state index >= 15 is 0 Å². The molecule has 0 aliphatic carbocycles. The molecule has 11 heteroatoms. The van der Waals surface area contributed by atoms with Crippen molar-refractivity contribution in [2.75, 3.05) is 10.3 Å². The van der Waals surface area contributed by atoms with E-state index in [0.29, 0.717) is 5.69 Å². The molecule has 142 valence electrons. The Morgan fingerprint density at radius 2 is 2.00 bits per heavy atom. The van der Waals surface area contributed by atoms with Crippen LogP contribution >= 0.6 is 12.2 Å². The first-order chi connectivity index (χ1) is 13.4. The molecule has 2 N–H and O–H groups in total. The lowest BCUT2D eigenvalue weighted by Crippen LogP contribution is -2.58. The van der Waals surface area contributed by atoms with E-state index in [1.807, 2.05) is 19.1 Å². The minimum atomic E-state index is -1.20. The third kappa shape index (κ3) is 3.99. The van der Waals surface area contributed by atoms with Crippen molar-refractivity contribution in [3.05, 3.63) is 58.3 Å². The van der Waals surface area contributed by atoms with Gasteiger partial charge < -0.3 is 5.32 Å². The average Bonchev–Trinajstić information content (AvgIpc) is 2.66. The van der Waals surface area contributed by atoms with Crippen LogP contribution in [0, 0.1) is 23.0 Å². The number of benzene rings is 1. The monoisotopic (exact) mass is 398 g/mol. The number of hydrogen-bond donors (Lipinski definition) is 2. The van der Waals surface area contributed by atoms with Crippen LogP contribution in [-0.4, -0.2) is 33.0 Å². The highest BCUT2D eigenvalue weighted by molar-refractivity contribution is 7.80. The van der Waals surface area contributed by atoms with E-state index in [2.05, 4.69) is 20.8 Å². The van der Waals surface area contributed by atoms with Crippen molar-refractivity contribution in [2.24, 2.45) is 11.0 Å². The summed E-state index contributed by atoms with van der Waals surface area (Å²) >= 11 is 5.12. The van der Waals surface area contributed by atoms with Crippen LogP contribution in [0.3, 0.4) is 0 Å². The lowest BCUT2D eigenvalue weighted by Gasteiger charge is -2.30. The molecule has 1 aromatic heterocycles. The molecule has 1 aliphatic heterocycles. The van der Waals surface area contributed by atoms with Crippen LogP contribution in [0.15, 0.2) is 47.7 Å². The Morgan fingerprint density at radius 1 is 1.29 bits per heavy atom. The summed E-state index contributed by atoms with van der Waals surface area (Å²) in [6.07, 6.45) is 2.19. The van der Waals surface area contributed by atoms with Crippen LogP contribution in [0.1, 0.15) is 5.56 Å². The number of aryl methyl sites for hydroxylation is 1. The second-order valence-electron chi connectivity index (χ2n) is 5.83. The maximum Gasteiger partial charge on any atom is 0.287 e. The molecule has 1 fully saturated rings. The van der Waals surface area contributed by atoms with Gasteiger partial charge in [0.2, 0.25) is 5.91 Å². The van der Waals surface area contributed by atoms with Gasteiger partial charge in [-0.15, -0.1) is 0 Å². The number of nitrogens with one attached hydrogen (secondary N) is 2. The van der Waals surface area contributed by atoms with Gasteiger partial charge in [-0.3, -0.25) is 30.0 Å². The topological polar surface area (TPSA) is 130 Å². The van der Waals surface area contributed by atoms with Gasteiger partial charge in [-0.1, -0.05) is 17.7 Å². The fourth-order valence-corrected chi connectivity index (χ4v) is 2.69. The van der Waals surface area contributed by atoms with E-state index in [4.69, 9.17) is 12.2 Å². The number of rotatable bonds is 5. The van der Waals surface area contributed by atoms with Gasteiger partial charge in [-0.25, -0.2) is 4.98 Å². The minimum absolute atomic E-state index is 0.00602. The first-order valence-electron chi connectivity index (χ1n) is 8.02. The first kappa shape index (κ1) is 19.0. The lowest BCUT2D eigenvalue weighted by atomic mass is 10.1. The highest BCUT2D eigenvalue weighted by Crippen LogP contribution is 2.21. The van der Waals surface area contributed by atoms with Gasteiger partial charge in [0.15, 0.2) is 11.0 Å². The van der Waals surface area contributed by atoms with E-state index in [0.717, 1.165) is 18.0 Å². The third-order valence-electron chi connectivity index (χ3n) is 3.86. The second kappa shape index (κ2) is 7.88. The molecular formula is C17H14N6O4S. The number of carbonyl (C=O) groups excluding carboxylic acids is 2. The normalized spacial score (nSPS) is 17.0. The number of aromatic nitrogens is 1. The van der Waals surface area contributed by atoms with Gasteiger partial charge in [0.25, 0.3) is 11.6 Å². The predicted molar refractivity (Wildman–Crippen MR) is 106 cm³/mol. The van der Waals surface area contributed by atoms with Crippen LogP contribution in [-0.2, 0) is 9.59 Å². The van der Waals surface area contributed by atoms with Crippen molar-refractivity contribution in [2.45, 2.75) is 6.92 Å². The Labute approximate surface area is 164 Å². The number of amides is 2. The van der Waals surface area contributed by atoms with Crippen molar-refractivity contribution in [1.29, 1.82) is 0 Å². The summed E-state index contributed by atoms with van der Waals surface area (Å²) in [6.45, 7) is 1.91. The molecule has 2 aromatic rings. The van der Waals surface area contributed by atoms with E-state index in [9.17, 15) is 19.7 Å². The largest absolute Gasteiger partial charge is 0.301 e. The molecule has 1 saturated heterocycles. The third-order valence-corrected chi connectivity index (χ3v) is 4.14. The number of nitrogens with zero attached hydrogens (tertiary/aromatic N) is 4. The smallest absolute Gasteiger partial charge is 0.287 e. The molecule has 2 amide bonds. The standard InChI is InChI=1S/C17H14N6O4S/c1-10-2-4-11(5-3-10)22-16(25)13(15(24)20-17(22)28)9-19-21-14-7-6-12(8-18-14)23(26)27/h2-9,13H,1H3,(H,18,21)(H,20,24,28)/b19-9+/t13-/m1/s1. The zero-order chi connectivity index (χ0) is 20.3. The number of pyridine rings is 1. The van der Waals surface area contributed by atoms with Gasteiger partial charge in [0.05, 0.1) is 10.6 Å². The molecule has 1 aliphatic rings. The zero-order valence-electron chi connectivity index (χ0n) is 14.5. The molecule has 28 heavy (non-hydrogen) atoms. The highest BCUT2D eigenvalue weighted by atomic mass is 32.1. The molecule has 0 bridgehead atoms. The van der Waals surface area contributed by atoms with E-state index in [1.165, 1.54) is 17.0 Å². The molecule has 10 nitrogen and oxygen atoms in total. The van der Waals surface area contributed by atoms with Gasteiger partial charge >= 0.3 is 0 Å². The molecule has 0 radical (unpaired) electrons. The van der Waals surface area contributed by atoms with Crippen molar-refractivity contribution in [1.82, 2.24) is 10.3 Å². The number of thiocarbonyl (C=S) groups is 1. The molecule has 0 spiro atoms. The summed E-state index contributed by atoms with van der Waals surface area (Å²) in [7, 11) is 0. The summed E-state index contributed by atoms with van der Waals surface area (Å²) < 4.78 is 0. The van der Waals surface area contributed by atoms with Crippen LogP contribution in [0.25, 0.3) is 0 Å². The predicted octanol–water partition coefficient (Wildman–Crippen LogP) is 1.76. The number of carbonyl (C=O) groups is 2. The second-order valence-corrected chi connectivity index (χ2v) is 6.22. The number of nitro groups is 1. The van der Waals surface area contributed by atoms with Crippen LogP contribution < -0.4 is 15.6 Å². The molecule has 0 saturated carbocycles. The zero-order valence-corrected chi connectivity index (χ0v) is 15.3. The van der Waals surface area contributed by atoms with Crippen LogP contribution in [0.4, 0.5) is 17.2 Å². The van der Waals surface area contributed by atoms with Crippen molar-refractivity contribution in [3.8, 4) is 0 Å². The van der Waals surface area contributed by atoms with E-state index < -0.39 is 22.7 Å². The minimum Gasteiger partial charge on any atom is -0.301 e. The molecular weight excluding hydrogens is 384 g/mol. The Kier molecular flexibility index (Phi) is 5.36. The maximum atomic E-state index is 12.8. The van der Waals surface area contributed by atoms with Crippen molar-refractivity contribution < 1.29 is 14.5 Å². The number of hydrazone groups is 1. The van der Waals surface area contributed by atoms with Crippen molar-refractivity contribution >= 4 is 52.6 Å². The summed E-state index contributed by atoms with van der Waals surface area (Å²) in [5, 5.41) is 16.9. The average molecular weight is 398 g/mol. The number of hydrogen-bond acceptors (Lipinski definition) is 8. The molecule has 1 aromatic carbocycles. The number of anilines is 2. The Morgan fingerprint density at radius 3 is 2.61 bits per heavy atom. The molecule has 2 heterocycles. The van der Waals surface area contributed by atoms with E-state index in [-0.39, 0.29) is 16.6 Å². The van der Waals surface area contributed by atoms with Gasteiger partial charge in [0.1, 0.15) is 12.0 Å². The van der Waals surface area contributed by atoms with Gasteiger partial charge in [0, 0.05) is 12.3 Å². The summed E-state index contributed by atoms with van der Waals surface area (Å²) in [5.74, 6) is -2.12. The molecule has 3 rings (SSSR count). The first-order valence-corrected chi connectivity index (χ1v) is 8.43. The summed E-state index contributed by atoms with van der Waals surface area (Å²) in [5.41, 5.74) is 3.90. The van der Waals surface area contributed by atoms with Crippen LogP contribution in [0.5, 0.6) is 0 Å². The Hall–Kier alpha value is -3.73. The van der Waals surface area contributed by atoms with Gasteiger partial charge in [-0.05, 0) is 37.3 Å². The Balaban J connectivity index is 1.74. The Bertz CT molecular complexity index is 974. The maximum absolute atomic E-state index is 12.8. The SMILES string of the molecule is Cc1ccc(N2C(=O)[C@H](/C=N/Nc3ccc([N+](=O)[O-])cn3)C(=O)NC2=S)cc1. The quantitative estimate of drug-likeness (QED) is 0.258. The highest BCUT2D eigenvalue weighted by Gasteiger charge is 2.38. The fraction of sp³-hybridized carbons (Fsp3) is 0.118. The fourth-order valence-electron chi connectivity index (χ4n) is 2.40. The summed E-state index contributed by atoms with van der Waals surface area (Å²) in [4.78, 5) is 40.0. The van der Waals surface area contributed by atoms with Crippen LogP contribution in [0.2, 0.25) is 0 Å². The molecule has 0 unspecified atom stereocenters. The summed E-state index contributed by atoms with van der Waals surface area (Å²) in [6, 6.07) is 9.71. The molecule has 1 atom stereocenters. The van der Waals surface area contributed by atoms with Crippen molar-refractivity contribution in [3.63, 3.8) is 0 Å². The van der Waals surface area contributed by atoms with Gasteiger partial charge in [-0.2, -0.15) is 5.10 Å². The lowest BCUT2D eigenvalue weighted by molar-refractivity contribution is -0.385.